The van der Waals surface area contributed by atoms with Gasteiger partial charge < -0.3 is 0 Å². The Morgan fingerprint density at radius 1 is 1.33 bits per heavy atom. The summed E-state index contributed by atoms with van der Waals surface area (Å²) in [4.78, 5) is 0. The lowest BCUT2D eigenvalue weighted by molar-refractivity contribution is 0.687. The standard InChI is InChI=1S/C10H10ClF/c11-10(12)8-4-7-9-5-2-1-3-6-9/h1-3,5-6,8H,4,7H2/b10-8+. The Labute approximate surface area is 76.7 Å². The first-order valence-electron chi connectivity index (χ1n) is 3.84. The van der Waals surface area contributed by atoms with Crippen molar-refractivity contribution in [1.29, 1.82) is 0 Å². The Kier molecular flexibility index (Phi) is 3.81. The molecule has 0 aromatic heterocycles. The van der Waals surface area contributed by atoms with Crippen molar-refractivity contribution >= 4 is 11.6 Å². The first-order valence-corrected chi connectivity index (χ1v) is 4.22. The average Bonchev–Trinajstić information content (AvgIpc) is 2.05. The van der Waals surface area contributed by atoms with E-state index in [-0.39, 0.29) is 0 Å². The van der Waals surface area contributed by atoms with Crippen LogP contribution in [0.1, 0.15) is 12.0 Å². The zero-order valence-electron chi connectivity index (χ0n) is 6.63. The van der Waals surface area contributed by atoms with E-state index in [2.05, 4.69) is 0 Å². The van der Waals surface area contributed by atoms with Gasteiger partial charge in [-0.2, -0.15) is 4.39 Å². The highest BCUT2D eigenvalue weighted by molar-refractivity contribution is 6.28. The van der Waals surface area contributed by atoms with E-state index < -0.39 is 5.29 Å². The van der Waals surface area contributed by atoms with E-state index in [0.717, 1.165) is 6.42 Å². The Morgan fingerprint density at radius 3 is 2.58 bits per heavy atom. The molecule has 0 saturated heterocycles. The van der Waals surface area contributed by atoms with Crippen LogP contribution >= 0.6 is 11.6 Å². The van der Waals surface area contributed by atoms with Gasteiger partial charge in [0.1, 0.15) is 0 Å². The molecule has 0 aliphatic heterocycles. The van der Waals surface area contributed by atoms with Gasteiger partial charge in [0, 0.05) is 0 Å². The van der Waals surface area contributed by atoms with Gasteiger partial charge in [-0.15, -0.1) is 0 Å². The van der Waals surface area contributed by atoms with E-state index in [9.17, 15) is 4.39 Å². The lowest BCUT2D eigenvalue weighted by atomic mass is 10.1. The van der Waals surface area contributed by atoms with Crippen LogP contribution in [0.15, 0.2) is 41.7 Å². The predicted molar refractivity (Wildman–Crippen MR) is 49.8 cm³/mol. The summed E-state index contributed by atoms with van der Waals surface area (Å²) in [5.41, 5.74) is 1.20. The maximum Gasteiger partial charge on any atom is 0.185 e. The molecule has 1 aromatic rings. The van der Waals surface area contributed by atoms with Crippen molar-refractivity contribution in [3.8, 4) is 0 Å². The van der Waals surface area contributed by atoms with Gasteiger partial charge in [0.2, 0.25) is 0 Å². The zero-order valence-corrected chi connectivity index (χ0v) is 7.39. The fourth-order valence-corrected chi connectivity index (χ4v) is 1.10. The molecule has 0 nitrogen and oxygen atoms in total. The quantitative estimate of drug-likeness (QED) is 0.673. The van der Waals surface area contributed by atoms with Crippen LogP contribution in [0, 0.1) is 0 Å². The van der Waals surface area contributed by atoms with E-state index in [1.807, 2.05) is 30.3 Å². The van der Waals surface area contributed by atoms with Crippen LogP contribution in [-0.4, -0.2) is 0 Å². The van der Waals surface area contributed by atoms with Crippen molar-refractivity contribution in [2.75, 3.05) is 0 Å². The normalized spacial score (nSPS) is 11.7. The molecule has 0 bridgehead atoms. The highest BCUT2D eigenvalue weighted by Gasteiger charge is 1.90. The average molecular weight is 185 g/mol. The first-order chi connectivity index (χ1) is 5.79. The van der Waals surface area contributed by atoms with Gasteiger partial charge in [-0.05, 0) is 24.5 Å². The van der Waals surface area contributed by atoms with Crippen LogP contribution in [0.2, 0.25) is 0 Å². The molecule has 64 valence electrons. The highest BCUT2D eigenvalue weighted by atomic mass is 35.5. The van der Waals surface area contributed by atoms with Crippen LogP contribution in [0.4, 0.5) is 4.39 Å². The van der Waals surface area contributed by atoms with Gasteiger partial charge in [0.15, 0.2) is 5.29 Å². The Bertz CT molecular complexity index is 250. The molecule has 1 rings (SSSR count). The van der Waals surface area contributed by atoms with Crippen LogP contribution in [0.25, 0.3) is 0 Å². The molecule has 0 amide bonds. The predicted octanol–water partition coefficient (Wildman–Crippen LogP) is 3.67. The minimum Gasteiger partial charge on any atom is -0.194 e. The molecular weight excluding hydrogens is 175 g/mol. The third kappa shape index (κ3) is 3.54. The van der Waals surface area contributed by atoms with E-state index >= 15 is 0 Å². The van der Waals surface area contributed by atoms with Crippen LogP contribution in [0.5, 0.6) is 0 Å². The number of aryl methyl sites for hydroxylation is 1. The minimum atomic E-state index is -0.620. The highest BCUT2D eigenvalue weighted by Crippen LogP contribution is 2.07. The molecule has 0 spiro atoms. The Balaban J connectivity index is 2.39. The third-order valence-electron chi connectivity index (χ3n) is 1.57. The summed E-state index contributed by atoms with van der Waals surface area (Å²) in [7, 11) is 0. The summed E-state index contributed by atoms with van der Waals surface area (Å²) < 4.78 is 12.0. The molecule has 12 heavy (non-hydrogen) atoms. The van der Waals surface area contributed by atoms with Crippen molar-refractivity contribution in [2.45, 2.75) is 12.8 Å². The van der Waals surface area contributed by atoms with Crippen LogP contribution in [0.3, 0.4) is 0 Å². The molecule has 0 fully saturated rings. The molecular formula is C10H10ClF. The Hall–Kier alpha value is -0.820. The number of halogens is 2. The molecule has 0 radical (unpaired) electrons. The fraction of sp³-hybridized carbons (Fsp3) is 0.200. The van der Waals surface area contributed by atoms with E-state index in [1.54, 1.807) is 0 Å². The van der Waals surface area contributed by atoms with Crippen molar-refractivity contribution in [3.63, 3.8) is 0 Å². The van der Waals surface area contributed by atoms with Gasteiger partial charge in [-0.1, -0.05) is 41.9 Å². The van der Waals surface area contributed by atoms with Gasteiger partial charge >= 0.3 is 0 Å². The lowest BCUT2D eigenvalue weighted by Crippen LogP contribution is -1.81. The van der Waals surface area contributed by atoms with E-state index in [4.69, 9.17) is 11.6 Å². The monoisotopic (exact) mass is 184 g/mol. The number of benzene rings is 1. The summed E-state index contributed by atoms with van der Waals surface area (Å²) in [6.45, 7) is 0. The minimum absolute atomic E-state index is 0.620. The Morgan fingerprint density at radius 2 is 2.00 bits per heavy atom. The van der Waals surface area contributed by atoms with Gasteiger partial charge in [0.25, 0.3) is 0 Å². The third-order valence-corrected chi connectivity index (χ3v) is 1.73. The van der Waals surface area contributed by atoms with Gasteiger partial charge in [-0.25, -0.2) is 0 Å². The van der Waals surface area contributed by atoms with E-state index in [0.29, 0.717) is 6.42 Å². The molecule has 0 unspecified atom stereocenters. The summed E-state index contributed by atoms with van der Waals surface area (Å²) in [6, 6.07) is 9.92. The summed E-state index contributed by atoms with van der Waals surface area (Å²) in [5, 5.41) is -0.620. The van der Waals surface area contributed by atoms with Crippen molar-refractivity contribution in [2.24, 2.45) is 0 Å². The number of allylic oxidation sites excluding steroid dienone is 1. The smallest absolute Gasteiger partial charge is 0.185 e. The van der Waals surface area contributed by atoms with Crippen LogP contribution < -0.4 is 0 Å². The van der Waals surface area contributed by atoms with Gasteiger partial charge in [0.05, 0.1) is 0 Å². The molecule has 0 N–H and O–H groups in total. The lowest BCUT2D eigenvalue weighted by Gasteiger charge is -1.95. The first kappa shape index (κ1) is 9.27. The van der Waals surface area contributed by atoms with Crippen LogP contribution in [-0.2, 0) is 6.42 Å². The SMILES string of the molecule is F/C(Cl)=C/CCc1ccccc1. The summed E-state index contributed by atoms with van der Waals surface area (Å²) >= 11 is 5.04. The molecule has 0 aliphatic carbocycles. The van der Waals surface area contributed by atoms with Crippen molar-refractivity contribution in [3.05, 3.63) is 47.3 Å². The molecule has 0 heterocycles. The second-order valence-electron chi connectivity index (χ2n) is 2.52. The summed E-state index contributed by atoms with van der Waals surface area (Å²) in [5.74, 6) is 0. The fourth-order valence-electron chi connectivity index (χ4n) is 0.993. The summed E-state index contributed by atoms with van der Waals surface area (Å²) in [6.07, 6.45) is 2.87. The maximum absolute atomic E-state index is 12.0. The topological polar surface area (TPSA) is 0 Å². The maximum atomic E-state index is 12.0. The number of hydrogen-bond donors (Lipinski definition) is 0. The van der Waals surface area contributed by atoms with E-state index in [1.165, 1.54) is 11.6 Å². The van der Waals surface area contributed by atoms with Crippen molar-refractivity contribution < 1.29 is 4.39 Å². The number of rotatable bonds is 3. The molecule has 1 aromatic carbocycles. The molecule has 0 aliphatic rings. The molecule has 2 heteroatoms. The number of hydrogen-bond acceptors (Lipinski definition) is 0. The second kappa shape index (κ2) is 4.94. The second-order valence-corrected chi connectivity index (χ2v) is 2.88. The largest absolute Gasteiger partial charge is 0.194 e. The zero-order chi connectivity index (χ0) is 8.81. The molecule has 0 saturated carbocycles. The van der Waals surface area contributed by atoms with Crippen molar-refractivity contribution in [1.82, 2.24) is 0 Å². The molecule has 0 atom stereocenters. The van der Waals surface area contributed by atoms with Gasteiger partial charge in [-0.3, -0.25) is 0 Å².